The molecule has 1 aromatic carbocycles. The molecule has 0 bridgehead atoms. The lowest BCUT2D eigenvalue weighted by Crippen LogP contribution is -2.28. The summed E-state index contributed by atoms with van der Waals surface area (Å²) in [7, 11) is 0. The molecule has 1 rings (SSSR count). The molecular formula is C13H20ClNO. The summed E-state index contributed by atoms with van der Waals surface area (Å²) in [5, 5.41) is 4.17. The molecule has 0 heterocycles. The molecule has 0 aliphatic rings. The fourth-order valence-corrected chi connectivity index (χ4v) is 1.50. The number of rotatable bonds is 7. The highest BCUT2D eigenvalue weighted by Gasteiger charge is 2.00. The van der Waals surface area contributed by atoms with Crippen molar-refractivity contribution in [2.24, 2.45) is 0 Å². The van der Waals surface area contributed by atoms with Crippen molar-refractivity contribution < 1.29 is 4.74 Å². The van der Waals surface area contributed by atoms with Crippen LogP contribution in [0, 0.1) is 0 Å². The van der Waals surface area contributed by atoms with Gasteiger partial charge in [0.1, 0.15) is 5.75 Å². The fraction of sp³-hybridized carbons (Fsp3) is 0.538. The number of hydrogen-bond acceptors (Lipinski definition) is 2. The Labute approximate surface area is 103 Å². The van der Waals surface area contributed by atoms with Gasteiger partial charge in [-0.3, -0.25) is 0 Å². The topological polar surface area (TPSA) is 21.3 Å². The molecule has 0 amide bonds. The number of nitrogens with one attached hydrogen (secondary N) is 1. The van der Waals surface area contributed by atoms with Crippen LogP contribution in [-0.2, 0) is 0 Å². The standard InChI is InChI=1S/C13H20ClNO/c1-3-9-15-11(2)8-10-16-13-6-4-12(14)5-7-13/h4-7,11,15H,3,8-10H2,1-2H3. The van der Waals surface area contributed by atoms with Gasteiger partial charge in [-0.1, -0.05) is 18.5 Å². The fourth-order valence-electron chi connectivity index (χ4n) is 1.38. The Morgan fingerprint density at radius 2 is 2.00 bits per heavy atom. The minimum atomic E-state index is 0.507. The monoisotopic (exact) mass is 241 g/mol. The van der Waals surface area contributed by atoms with E-state index < -0.39 is 0 Å². The van der Waals surface area contributed by atoms with E-state index in [4.69, 9.17) is 16.3 Å². The molecule has 1 aromatic rings. The van der Waals surface area contributed by atoms with E-state index in [-0.39, 0.29) is 0 Å². The second kappa shape index (κ2) is 7.53. The average Bonchev–Trinajstić information content (AvgIpc) is 2.29. The minimum absolute atomic E-state index is 0.507. The van der Waals surface area contributed by atoms with E-state index in [9.17, 15) is 0 Å². The first kappa shape index (κ1) is 13.3. The second-order valence-electron chi connectivity index (χ2n) is 3.95. The lowest BCUT2D eigenvalue weighted by atomic mass is 10.2. The van der Waals surface area contributed by atoms with Gasteiger partial charge in [0, 0.05) is 11.1 Å². The molecule has 0 saturated carbocycles. The Bertz CT molecular complexity index is 286. The third kappa shape index (κ3) is 5.38. The predicted octanol–water partition coefficient (Wildman–Crippen LogP) is 3.50. The quantitative estimate of drug-likeness (QED) is 0.789. The van der Waals surface area contributed by atoms with Gasteiger partial charge in [0.05, 0.1) is 6.61 Å². The highest BCUT2D eigenvalue weighted by Crippen LogP contribution is 2.15. The summed E-state index contributed by atoms with van der Waals surface area (Å²) in [6, 6.07) is 7.98. The molecule has 0 aliphatic carbocycles. The molecule has 0 aliphatic heterocycles. The molecule has 1 unspecified atom stereocenters. The van der Waals surface area contributed by atoms with Crippen molar-refractivity contribution in [1.29, 1.82) is 0 Å². The molecular weight excluding hydrogens is 222 g/mol. The first-order chi connectivity index (χ1) is 7.72. The number of hydrogen-bond donors (Lipinski definition) is 1. The Balaban J connectivity index is 2.17. The maximum absolute atomic E-state index is 5.79. The zero-order chi connectivity index (χ0) is 11.8. The maximum atomic E-state index is 5.79. The Kier molecular flexibility index (Phi) is 6.27. The molecule has 16 heavy (non-hydrogen) atoms. The van der Waals surface area contributed by atoms with E-state index in [2.05, 4.69) is 19.2 Å². The Morgan fingerprint density at radius 1 is 1.31 bits per heavy atom. The Morgan fingerprint density at radius 3 is 2.62 bits per heavy atom. The van der Waals surface area contributed by atoms with Crippen molar-refractivity contribution in [3.8, 4) is 5.75 Å². The van der Waals surface area contributed by atoms with E-state index in [1.807, 2.05) is 24.3 Å². The van der Waals surface area contributed by atoms with Crippen LogP contribution in [0.25, 0.3) is 0 Å². The first-order valence-corrected chi connectivity index (χ1v) is 6.22. The second-order valence-corrected chi connectivity index (χ2v) is 4.38. The summed E-state index contributed by atoms with van der Waals surface area (Å²) in [5.74, 6) is 0.882. The van der Waals surface area contributed by atoms with Crippen molar-refractivity contribution >= 4 is 11.6 Å². The van der Waals surface area contributed by atoms with Crippen LogP contribution >= 0.6 is 11.6 Å². The molecule has 2 nitrogen and oxygen atoms in total. The van der Waals surface area contributed by atoms with Gasteiger partial charge in [0.15, 0.2) is 0 Å². The van der Waals surface area contributed by atoms with E-state index in [1.54, 1.807) is 0 Å². The molecule has 0 fully saturated rings. The molecule has 0 saturated heterocycles. The molecule has 90 valence electrons. The van der Waals surface area contributed by atoms with Gasteiger partial charge in [0.25, 0.3) is 0 Å². The molecule has 1 atom stereocenters. The summed E-state index contributed by atoms with van der Waals surface area (Å²) < 4.78 is 5.61. The SMILES string of the molecule is CCCNC(C)CCOc1ccc(Cl)cc1. The van der Waals surface area contributed by atoms with Crippen LogP contribution < -0.4 is 10.1 Å². The molecule has 0 radical (unpaired) electrons. The van der Waals surface area contributed by atoms with E-state index in [1.165, 1.54) is 6.42 Å². The van der Waals surface area contributed by atoms with Crippen molar-refractivity contribution in [3.63, 3.8) is 0 Å². The zero-order valence-electron chi connectivity index (χ0n) is 10.0. The summed E-state index contributed by atoms with van der Waals surface area (Å²) in [4.78, 5) is 0. The van der Waals surface area contributed by atoms with Crippen LogP contribution in [0.4, 0.5) is 0 Å². The van der Waals surface area contributed by atoms with Crippen molar-refractivity contribution in [2.45, 2.75) is 32.7 Å². The summed E-state index contributed by atoms with van der Waals surface area (Å²) in [5.41, 5.74) is 0. The molecule has 0 spiro atoms. The highest BCUT2D eigenvalue weighted by atomic mass is 35.5. The summed E-state index contributed by atoms with van der Waals surface area (Å²) in [6.45, 7) is 6.16. The van der Waals surface area contributed by atoms with Crippen LogP contribution in [0.5, 0.6) is 5.75 Å². The van der Waals surface area contributed by atoms with E-state index in [0.717, 1.165) is 30.3 Å². The number of halogens is 1. The van der Waals surface area contributed by atoms with E-state index >= 15 is 0 Å². The van der Waals surface area contributed by atoms with Gasteiger partial charge in [-0.25, -0.2) is 0 Å². The average molecular weight is 242 g/mol. The minimum Gasteiger partial charge on any atom is -0.494 e. The van der Waals surface area contributed by atoms with Gasteiger partial charge in [-0.2, -0.15) is 0 Å². The lowest BCUT2D eigenvalue weighted by molar-refractivity contribution is 0.290. The van der Waals surface area contributed by atoms with Crippen molar-refractivity contribution in [2.75, 3.05) is 13.2 Å². The van der Waals surface area contributed by atoms with E-state index in [0.29, 0.717) is 6.04 Å². The molecule has 1 N–H and O–H groups in total. The smallest absolute Gasteiger partial charge is 0.119 e. The number of ether oxygens (including phenoxy) is 1. The first-order valence-electron chi connectivity index (χ1n) is 5.84. The van der Waals surface area contributed by atoms with Gasteiger partial charge in [0.2, 0.25) is 0 Å². The van der Waals surface area contributed by atoms with Crippen LogP contribution in [0.1, 0.15) is 26.7 Å². The molecule has 3 heteroatoms. The maximum Gasteiger partial charge on any atom is 0.119 e. The third-order valence-corrected chi connectivity index (χ3v) is 2.63. The van der Waals surface area contributed by atoms with Crippen molar-refractivity contribution in [1.82, 2.24) is 5.32 Å². The van der Waals surface area contributed by atoms with Crippen LogP contribution in [0.15, 0.2) is 24.3 Å². The Hall–Kier alpha value is -0.730. The zero-order valence-corrected chi connectivity index (χ0v) is 10.8. The number of benzene rings is 1. The van der Waals surface area contributed by atoms with Crippen LogP contribution in [0.2, 0.25) is 5.02 Å². The summed E-state index contributed by atoms with van der Waals surface area (Å²) >= 11 is 5.79. The normalized spacial score (nSPS) is 12.4. The van der Waals surface area contributed by atoms with Gasteiger partial charge in [-0.05, 0) is 50.6 Å². The van der Waals surface area contributed by atoms with Crippen LogP contribution in [-0.4, -0.2) is 19.2 Å². The van der Waals surface area contributed by atoms with Crippen molar-refractivity contribution in [3.05, 3.63) is 29.3 Å². The molecule has 0 aromatic heterocycles. The summed E-state index contributed by atoms with van der Waals surface area (Å²) in [6.07, 6.45) is 2.19. The lowest BCUT2D eigenvalue weighted by Gasteiger charge is -2.13. The van der Waals surface area contributed by atoms with Crippen LogP contribution in [0.3, 0.4) is 0 Å². The van der Waals surface area contributed by atoms with Gasteiger partial charge < -0.3 is 10.1 Å². The van der Waals surface area contributed by atoms with Gasteiger partial charge >= 0.3 is 0 Å². The largest absolute Gasteiger partial charge is 0.494 e. The predicted molar refractivity (Wildman–Crippen MR) is 69.3 cm³/mol. The van der Waals surface area contributed by atoms with Gasteiger partial charge in [-0.15, -0.1) is 0 Å². The highest BCUT2D eigenvalue weighted by molar-refractivity contribution is 6.30. The third-order valence-electron chi connectivity index (χ3n) is 2.38.